The number of imidazole rings is 1. The van der Waals surface area contributed by atoms with E-state index >= 15 is 0 Å². The molecule has 0 bridgehead atoms. The monoisotopic (exact) mass is 265 g/mol. The van der Waals surface area contributed by atoms with Crippen LogP contribution in [0.2, 0.25) is 0 Å². The van der Waals surface area contributed by atoms with Crippen molar-refractivity contribution >= 4 is 11.9 Å². The summed E-state index contributed by atoms with van der Waals surface area (Å²) in [4.78, 5) is 32.1. The third kappa shape index (κ3) is 2.77. The van der Waals surface area contributed by atoms with Crippen LogP contribution in [0, 0.1) is 5.92 Å². The highest BCUT2D eigenvalue weighted by atomic mass is 16.4. The number of aromatic amines is 1. The normalized spacial score (nSPS) is 19.9. The van der Waals surface area contributed by atoms with Gasteiger partial charge in [-0.15, -0.1) is 0 Å². The molecule has 6 nitrogen and oxygen atoms in total. The van der Waals surface area contributed by atoms with Crippen molar-refractivity contribution in [3.63, 3.8) is 0 Å². The molecule has 0 fully saturated rings. The molecule has 0 saturated carbocycles. The molecule has 6 heteroatoms. The first-order valence-electron chi connectivity index (χ1n) is 6.56. The van der Waals surface area contributed by atoms with Gasteiger partial charge >= 0.3 is 5.97 Å². The minimum atomic E-state index is -0.967. The van der Waals surface area contributed by atoms with Gasteiger partial charge in [-0.05, 0) is 5.92 Å². The fourth-order valence-corrected chi connectivity index (χ4v) is 2.28. The van der Waals surface area contributed by atoms with Crippen LogP contribution in [-0.2, 0) is 22.6 Å². The van der Waals surface area contributed by atoms with E-state index in [1.165, 1.54) is 4.90 Å². The summed E-state index contributed by atoms with van der Waals surface area (Å²) >= 11 is 0. The van der Waals surface area contributed by atoms with Gasteiger partial charge in [0.2, 0.25) is 5.91 Å². The van der Waals surface area contributed by atoms with Gasteiger partial charge in [-0.1, -0.05) is 20.3 Å². The molecule has 1 aliphatic heterocycles. The van der Waals surface area contributed by atoms with Crippen molar-refractivity contribution in [1.82, 2.24) is 14.9 Å². The van der Waals surface area contributed by atoms with Crippen LogP contribution in [0.15, 0.2) is 6.33 Å². The van der Waals surface area contributed by atoms with Crippen LogP contribution in [-0.4, -0.2) is 37.9 Å². The van der Waals surface area contributed by atoms with E-state index in [-0.39, 0.29) is 18.2 Å². The summed E-state index contributed by atoms with van der Waals surface area (Å²) in [7, 11) is 0. The Kier molecular flexibility index (Phi) is 3.87. The molecule has 104 valence electrons. The number of hydrogen-bond acceptors (Lipinski definition) is 3. The van der Waals surface area contributed by atoms with Gasteiger partial charge in [0, 0.05) is 12.8 Å². The number of hydrogen-bond donors (Lipinski definition) is 2. The molecule has 0 saturated heterocycles. The zero-order chi connectivity index (χ0) is 14.0. The second-order valence-electron chi connectivity index (χ2n) is 5.13. The van der Waals surface area contributed by atoms with Gasteiger partial charge in [-0.25, -0.2) is 9.78 Å². The Morgan fingerprint density at radius 2 is 2.37 bits per heavy atom. The Morgan fingerprint density at radius 1 is 1.63 bits per heavy atom. The number of amides is 1. The Labute approximate surface area is 111 Å². The molecular weight excluding hydrogens is 246 g/mol. The lowest BCUT2D eigenvalue weighted by molar-refractivity contribution is -0.151. The third-order valence-corrected chi connectivity index (χ3v) is 3.72. The number of fused-ring (bicyclic) bond motifs is 1. The maximum absolute atomic E-state index is 12.2. The second-order valence-corrected chi connectivity index (χ2v) is 5.13. The molecule has 1 aromatic rings. The van der Waals surface area contributed by atoms with Crippen molar-refractivity contribution in [2.24, 2.45) is 5.92 Å². The largest absolute Gasteiger partial charge is 0.480 e. The van der Waals surface area contributed by atoms with Crippen molar-refractivity contribution in [1.29, 1.82) is 0 Å². The average molecular weight is 265 g/mol. The molecule has 0 aromatic carbocycles. The van der Waals surface area contributed by atoms with Gasteiger partial charge in [0.1, 0.15) is 6.04 Å². The lowest BCUT2D eigenvalue weighted by atomic mass is 9.99. The van der Waals surface area contributed by atoms with Crippen LogP contribution in [0.3, 0.4) is 0 Å². The molecule has 0 aliphatic carbocycles. The number of aliphatic carboxylic acids is 1. The van der Waals surface area contributed by atoms with Gasteiger partial charge in [0.15, 0.2) is 0 Å². The lowest BCUT2D eigenvalue weighted by Gasteiger charge is -2.33. The van der Waals surface area contributed by atoms with Crippen LogP contribution in [0.25, 0.3) is 0 Å². The lowest BCUT2D eigenvalue weighted by Crippen LogP contribution is -2.49. The first kappa shape index (κ1) is 13.6. The van der Waals surface area contributed by atoms with Crippen LogP contribution < -0.4 is 0 Å². The fourth-order valence-electron chi connectivity index (χ4n) is 2.28. The van der Waals surface area contributed by atoms with E-state index in [1.54, 1.807) is 6.33 Å². The summed E-state index contributed by atoms with van der Waals surface area (Å²) in [6.45, 7) is 4.33. The highest BCUT2D eigenvalue weighted by Crippen LogP contribution is 2.23. The molecule has 0 spiro atoms. The highest BCUT2D eigenvalue weighted by molar-refractivity contribution is 5.84. The quantitative estimate of drug-likeness (QED) is 0.856. The minimum absolute atomic E-state index is 0.0954. The predicted molar refractivity (Wildman–Crippen MR) is 68.3 cm³/mol. The molecule has 2 heterocycles. The first-order valence-corrected chi connectivity index (χ1v) is 6.56. The number of carboxylic acid groups (broad SMARTS) is 1. The Balaban J connectivity index is 2.17. The third-order valence-electron chi connectivity index (χ3n) is 3.72. The molecule has 2 unspecified atom stereocenters. The molecule has 2 atom stereocenters. The number of carbonyl (C=O) groups excluding carboxylic acids is 1. The number of carbonyl (C=O) groups is 2. The molecule has 1 aliphatic rings. The Morgan fingerprint density at radius 3 is 3.00 bits per heavy atom. The molecule has 0 radical (unpaired) electrons. The maximum Gasteiger partial charge on any atom is 0.326 e. The zero-order valence-electron chi connectivity index (χ0n) is 11.2. The number of nitrogens with zero attached hydrogens (tertiary/aromatic N) is 2. The summed E-state index contributed by atoms with van der Waals surface area (Å²) < 4.78 is 0. The van der Waals surface area contributed by atoms with Crippen molar-refractivity contribution < 1.29 is 14.7 Å². The number of H-pyrrole nitrogens is 1. The number of rotatable bonds is 4. The van der Waals surface area contributed by atoms with Gasteiger partial charge in [-0.2, -0.15) is 0 Å². The molecule has 2 rings (SSSR count). The van der Waals surface area contributed by atoms with Crippen LogP contribution in [0.5, 0.6) is 0 Å². The molecule has 19 heavy (non-hydrogen) atoms. The van der Waals surface area contributed by atoms with Crippen molar-refractivity contribution in [2.75, 3.05) is 0 Å². The summed E-state index contributed by atoms with van der Waals surface area (Å²) in [5.74, 6) is -0.793. The summed E-state index contributed by atoms with van der Waals surface area (Å²) in [5.41, 5.74) is 1.59. The summed E-state index contributed by atoms with van der Waals surface area (Å²) in [5, 5.41) is 9.28. The summed E-state index contributed by atoms with van der Waals surface area (Å²) in [6, 6.07) is -0.799. The predicted octanol–water partition coefficient (Wildman–Crippen LogP) is 1.18. The van der Waals surface area contributed by atoms with E-state index in [1.807, 2.05) is 13.8 Å². The Hall–Kier alpha value is -1.85. The number of aromatic nitrogens is 2. The van der Waals surface area contributed by atoms with Gasteiger partial charge < -0.3 is 15.0 Å². The molecule has 1 amide bonds. The van der Waals surface area contributed by atoms with Crippen molar-refractivity contribution in [3.05, 3.63) is 17.7 Å². The van der Waals surface area contributed by atoms with Crippen LogP contribution in [0.4, 0.5) is 0 Å². The average Bonchev–Trinajstić information content (AvgIpc) is 2.83. The van der Waals surface area contributed by atoms with Gasteiger partial charge in [0.25, 0.3) is 0 Å². The van der Waals surface area contributed by atoms with Crippen molar-refractivity contribution in [3.8, 4) is 0 Å². The standard InChI is InChI=1S/C13H19N3O3/c1-3-8(2)4-12(17)16-6-10-9(14-7-15-10)5-11(16)13(18)19/h7-8,11H,3-6H2,1-2H3,(H,14,15)(H,18,19). The zero-order valence-corrected chi connectivity index (χ0v) is 11.2. The van der Waals surface area contributed by atoms with E-state index in [0.29, 0.717) is 13.0 Å². The van der Waals surface area contributed by atoms with E-state index in [0.717, 1.165) is 17.8 Å². The van der Waals surface area contributed by atoms with Gasteiger partial charge in [-0.3, -0.25) is 4.79 Å². The summed E-state index contributed by atoms with van der Waals surface area (Å²) in [6.07, 6.45) is 3.13. The minimum Gasteiger partial charge on any atom is -0.480 e. The van der Waals surface area contributed by atoms with Crippen molar-refractivity contribution in [2.45, 2.75) is 45.7 Å². The SMILES string of the molecule is CCC(C)CC(=O)N1Cc2[nH]cnc2CC1C(=O)O. The fraction of sp³-hybridized carbons (Fsp3) is 0.615. The van der Waals surface area contributed by atoms with Crippen LogP contribution in [0.1, 0.15) is 38.1 Å². The number of carboxylic acids is 1. The maximum atomic E-state index is 12.2. The second kappa shape index (κ2) is 5.42. The first-order chi connectivity index (χ1) is 9.02. The molecule has 2 N–H and O–H groups in total. The van der Waals surface area contributed by atoms with Crippen LogP contribution >= 0.6 is 0 Å². The smallest absolute Gasteiger partial charge is 0.326 e. The Bertz CT molecular complexity index is 483. The van der Waals surface area contributed by atoms with E-state index in [9.17, 15) is 14.7 Å². The van der Waals surface area contributed by atoms with E-state index in [4.69, 9.17) is 0 Å². The van der Waals surface area contributed by atoms with Gasteiger partial charge in [0.05, 0.1) is 24.3 Å². The van der Waals surface area contributed by atoms with E-state index in [2.05, 4.69) is 9.97 Å². The topological polar surface area (TPSA) is 86.3 Å². The molecule has 1 aromatic heterocycles. The number of nitrogens with one attached hydrogen (secondary N) is 1. The highest BCUT2D eigenvalue weighted by Gasteiger charge is 2.35. The van der Waals surface area contributed by atoms with E-state index < -0.39 is 12.0 Å². The molecular formula is C13H19N3O3.